The molecule has 0 saturated heterocycles. The van der Waals surface area contributed by atoms with Crippen LogP contribution in [0.1, 0.15) is 53.4 Å². The molecule has 27 heavy (non-hydrogen) atoms. The van der Waals surface area contributed by atoms with Gasteiger partial charge in [-0.3, -0.25) is 4.79 Å². The maximum absolute atomic E-state index is 10.7. The van der Waals surface area contributed by atoms with Gasteiger partial charge in [-0.2, -0.15) is 0 Å². The molecule has 0 bridgehead atoms. The zero-order valence-electron chi connectivity index (χ0n) is 17.1. The fraction of sp³-hybridized carbons (Fsp3) is 0.550. The van der Waals surface area contributed by atoms with E-state index in [9.17, 15) is 14.4 Å². The van der Waals surface area contributed by atoms with E-state index in [2.05, 4.69) is 38.9 Å². The summed E-state index contributed by atoms with van der Waals surface area (Å²) in [6.07, 6.45) is 5.34. The predicted octanol–water partition coefficient (Wildman–Crippen LogP) is 3.62. The molecule has 0 aliphatic rings. The van der Waals surface area contributed by atoms with Gasteiger partial charge >= 0.3 is 11.9 Å². The zero-order valence-corrected chi connectivity index (χ0v) is 17.1. The lowest BCUT2D eigenvalue weighted by Crippen LogP contribution is -2.23. The molecule has 0 aliphatic carbocycles. The van der Waals surface area contributed by atoms with Gasteiger partial charge in [-0.15, -0.1) is 0 Å². The molecular formula is C20H35NO6. The molecule has 1 amide bonds. The molecule has 0 aromatic carbocycles. The van der Waals surface area contributed by atoms with E-state index in [4.69, 9.17) is 14.6 Å². The van der Waals surface area contributed by atoms with Gasteiger partial charge in [-0.1, -0.05) is 46.4 Å². The van der Waals surface area contributed by atoms with Crippen LogP contribution < -0.4 is 5.32 Å². The van der Waals surface area contributed by atoms with Gasteiger partial charge in [0, 0.05) is 17.8 Å². The number of hydrogen-bond acceptors (Lipinski definition) is 5. The van der Waals surface area contributed by atoms with Crippen molar-refractivity contribution >= 4 is 17.8 Å². The van der Waals surface area contributed by atoms with Crippen LogP contribution in [-0.2, 0) is 23.9 Å². The van der Waals surface area contributed by atoms with Gasteiger partial charge in [0.05, 0.1) is 6.61 Å². The minimum Gasteiger partial charge on any atom is -0.478 e. The number of amides is 1. The summed E-state index contributed by atoms with van der Waals surface area (Å²) in [5, 5.41) is 10.4. The van der Waals surface area contributed by atoms with Crippen LogP contribution in [0.4, 0.5) is 0 Å². The van der Waals surface area contributed by atoms with Crippen LogP contribution in [0, 0.1) is 0 Å². The van der Waals surface area contributed by atoms with Crippen molar-refractivity contribution in [1.82, 2.24) is 5.32 Å². The lowest BCUT2D eigenvalue weighted by atomic mass is 10.3. The second-order valence-electron chi connectivity index (χ2n) is 5.51. The summed E-state index contributed by atoms with van der Waals surface area (Å²) >= 11 is 0. The Morgan fingerprint density at radius 2 is 1.48 bits per heavy atom. The van der Waals surface area contributed by atoms with Crippen LogP contribution in [-0.4, -0.2) is 42.9 Å². The summed E-state index contributed by atoms with van der Waals surface area (Å²) in [4.78, 5) is 30.8. The molecule has 0 fully saturated rings. The van der Waals surface area contributed by atoms with E-state index >= 15 is 0 Å². The van der Waals surface area contributed by atoms with Gasteiger partial charge in [-0.25, -0.2) is 9.59 Å². The number of ether oxygens (including phenoxy) is 2. The van der Waals surface area contributed by atoms with E-state index in [-0.39, 0.29) is 24.2 Å². The van der Waals surface area contributed by atoms with Crippen molar-refractivity contribution in [1.29, 1.82) is 0 Å². The monoisotopic (exact) mass is 385 g/mol. The van der Waals surface area contributed by atoms with Crippen LogP contribution in [0.3, 0.4) is 0 Å². The SMILES string of the molecule is C=C(C)C(=O)O.C=C(C)C(=O)OCCCC.C=CC(=O)NCOCCCC. The molecule has 7 nitrogen and oxygen atoms in total. The van der Waals surface area contributed by atoms with Crippen molar-refractivity contribution in [3.8, 4) is 0 Å². The number of carboxylic acid groups (broad SMARTS) is 1. The van der Waals surface area contributed by atoms with Gasteiger partial charge in [-0.05, 0) is 32.8 Å². The van der Waals surface area contributed by atoms with Crippen LogP contribution in [0.15, 0.2) is 37.0 Å². The minimum absolute atomic E-state index is 0.176. The third-order valence-electron chi connectivity index (χ3n) is 2.62. The van der Waals surface area contributed by atoms with E-state index in [1.165, 1.54) is 13.0 Å². The van der Waals surface area contributed by atoms with Crippen molar-refractivity contribution in [3.63, 3.8) is 0 Å². The summed E-state index contributed by atoms with van der Waals surface area (Å²) < 4.78 is 9.87. The molecule has 0 aliphatic heterocycles. The highest BCUT2D eigenvalue weighted by Crippen LogP contribution is 1.94. The first-order valence-corrected chi connectivity index (χ1v) is 8.83. The second kappa shape index (κ2) is 21.6. The molecule has 0 radical (unpaired) electrons. The summed E-state index contributed by atoms with van der Waals surface area (Å²) in [6, 6.07) is 0. The van der Waals surface area contributed by atoms with Gasteiger partial charge in [0.25, 0.3) is 0 Å². The number of hydrogen-bond donors (Lipinski definition) is 2. The molecule has 0 rings (SSSR count). The molecule has 0 unspecified atom stereocenters. The van der Waals surface area contributed by atoms with Crippen LogP contribution in [0.25, 0.3) is 0 Å². The largest absolute Gasteiger partial charge is 0.478 e. The number of rotatable bonds is 11. The van der Waals surface area contributed by atoms with E-state index < -0.39 is 5.97 Å². The molecule has 0 spiro atoms. The number of carbonyl (C=O) groups excluding carboxylic acids is 2. The average Bonchev–Trinajstić information content (AvgIpc) is 2.62. The Bertz CT molecular complexity index is 459. The fourth-order valence-corrected chi connectivity index (χ4v) is 0.945. The summed E-state index contributed by atoms with van der Waals surface area (Å²) in [5.41, 5.74) is 0.645. The van der Waals surface area contributed by atoms with Crippen molar-refractivity contribution in [2.75, 3.05) is 19.9 Å². The van der Waals surface area contributed by atoms with Crippen molar-refractivity contribution in [3.05, 3.63) is 37.0 Å². The second-order valence-corrected chi connectivity index (χ2v) is 5.51. The first-order chi connectivity index (χ1) is 12.6. The van der Waals surface area contributed by atoms with E-state index in [0.717, 1.165) is 25.7 Å². The third kappa shape index (κ3) is 28.7. The van der Waals surface area contributed by atoms with E-state index in [0.29, 0.717) is 18.8 Å². The predicted molar refractivity (Wildman–Crippen MR) is 107 cm³/mol. The van der Waals surface area contributed by atoms with E-state index in [1.54, 1.807) is 6.92 Å². The maximum atomic E-state index is 10.7. The van der Waals surface area contributed by atoms with Crippen LogP contribution in [0.2, 0.25) is 0 Å². The molecule has 0 aromatic heterocycles. The van der Waals surface area contributed by atoms with Gasteiger partial charge in [0.1, 0.15) is 6.73 Å². The van der Waals surface area contributed by atoms with Crippen molar-refractivity contribution in [2.24, 2.45) is 0 Å². The average molecular weight is 386 g/mol. The lowest BCUT2D eigenvalue weighted by molar-refractivity contribution is -0.139. The Balaban J connectivity index is -0.000000334. The number of aliphatic carboxylic acids is 1. The number of carboxylic acids is 1. The van der Waals surface area contributed by atoms with Crippen LogP contribution >= 0.6 is 0 Å². The molecule has 0 atom stereocenters. The van der Waals surface area contributed by atoms with Crippen molar-refractivity contribution < 1.29 is 29.0 Å². The standard InChI is InChI=1S/C8H15NO2.C8H14O2.C4H6O2/c1-3-5-6-11-7-9-8(10)4-2;1-4-5-6-10-8(9)7(2)3;1-3(2)4(5)6/h4H,2-3,5-7H2,1H3,(H,9,10);2,4-6H2,1,3H3;1H2,2H3,(H,5,6). The molecule has 156 valence electrons. The Kier molecular flexibility index (Phi) is 23.5. The third-order valence-corrected chi connectivity index (χ3v) is 2.62. The van der Waals surface area contributed by atoms with Gasteiger partial charge in [0.2, 0.25) is 5.91 Å². The van der Waals surface area contributed by atoms with Crippen LogP contribution in [0.5, 0.6) is 0 Å². The topological polar surface area (TPSA) is 102 Å². The molecule has 0 aromatic rings. The molecule has 7 heteroatoms. The maximum Gasteiger partial charge on any atom is 0.333 e. The Hall–Kier alpha value is -2.41. The zero-order chi connectivity index (χ0) is 21.7. The first kappa shape index (κ1) is 29.4. The highest BCUT2D eigenvalue weighted by Gasteiger charge is 2.00. The Morgan fingerprint density at radius 3 is 1.85 bits per heavy atom. The van der Waals surface area contributed by atoms with E-state index in [1.807, 2.05) is 0 Å². The molecule has 0 saturated carbocycles. The molecule has 0 heterocycles. The fourth-order valence-electron chi connectivity index (χ4n) is 0.945. The summed E-state index contributed by atoms with van der Waals surface area (Å²) in [7, 11) is 0. The number of nitrogens with one attached hydrogen (secondary N) is 1. The van der Waals surface area contributed by atoms with Crippen molar-refractivity contribution in [2.45, 2.75) is 53.4 Å². The minimum atomic E-state index is -0.935. The summed E-state index contributed by atoms with van der Waals surface area (Å²) in [5.74, 6) is -1.41. The smallest absolute Gasteiger partial charge is 0.333 e. The van der Waals surface area contributed by atoms with Gasteiger partial charge in [0.15, 0.2) is 0 Å². The Morgan fingerprint density at radius 1 is 1.00 bits per heavy atom. The Labute approximate surface area is 163 Å². The highest BCUT2D eigenvalue weighted by atomic mass is 16.5. The molecule has 2 N–H and O–H groups in total. The number of esters is 1. The summed E-state index contributed by atoms with van der Waals surface area (Å²) in [6.45, 7) is 18.7. The quantitative estimate of drug-likeness (QED) is 0.244. The molecular weight excluding hydrogens is 350 g/mol. The van der Waals surface area contributed by atoms with Gasteiger partial charge < -0.3 is 19.9 Å². The number of carbonyl (C=O) groups is 3. The normalized spacial score (nSPS) is 8.74. The number of unbranched alkanes of at least 4 members (excludes halogenated alkanes) is 2. The first-order valence-electron chi connectivity index (χ1n) is 8.83. The highest BCUT2D eigenvalue weighted by molar-refractivity contribution is 5.87. The lowest BCUT2D eigenvalue weighted by Gasteiger charge is -2.02.